The van der Waals surface area contributed by atoms with Crippen molar-refractivity contribution in [1.29, 1.82) is 0 Å². The monoisotopic (exact) mass is 316 g/mol. The van der Waals surface area contributed by atoms with Crippen LogP contribution in [0.25, 0.3) is 5.65 Å². The average Bonchev–Trinajstić information content (AvgIpc) is 2.97. The lowest BCUT2D eigenvalue weighted by molar-refractivity contribution is 0.00317. The normalized spacial score (nSPS) is 24.3. The van der Waals surface area contributed by atoms with Gasteiger partial charge in [0, 0.05) is 37.1 Å². The number of nitrogens with one attached hydrogen (secondary N) is 1. The Morgan fingerprint density at radius 1 is 1.22 bits per heavy atom. The van der Waals surface area contributed by atoms with Crippen LogP contribution in [-0.2, 0) is 4.74 Å². The van der Waals surface area contributed by atoms with Crippen LogP contribution in [-0.4, -0.2) is 45.3 Å². The first-order chi connectivity index (χ1) is 11.2. The minimum atomic E-state index is -0.0180. The van der Waals surface area contributed by atoms with Crippen molar-refractivity contribution in [3.8, 4) is 0 Å². The van der Waals surface area contributed by atoms with Gasteiger partial charge in [-0.3, -0.25) is 14.8 Å². The van der Waals surface area contributed by atoms with Crippen LogP contribution in [0.1, 0.15) is 49.5 Å². The van der Waals surface area contributed by atoms with E-state index in [1.807, 2.05) is 13.0 Å². The van der Waals surface area contributed by atoms with Crippen LogP contribution in [0, 0.1) is 6.92 Å². The van der Waals surface area contributed by atoms with Crippen LogP contribution < -0.4 is 5.56 Å². The Morgan fingerprint density at radius 3 is 2.87 bits per heavy atom. The van der Waals surface area contributed by atoms with Crippen LogP contribution in [0.3, 0.4) is 0 Å². The number of likely N-dealkylation sites (tertiary alicyclic amines) is 1. The van der Waals surface area contributed by atoms with Gasteiger partial charge in [-0.1, -0.05) is 6.42 Å². The third-order valence-electron chi connectivity index (χ3n) is 5.14. The average molecular weight is 316 g/mol. The van der Waals surface area contributed by atoms with Crippen molar-refractivity contribution in [3.63, 3.8) is 0 Å². The molecule has 2 saturated heterocycles. The van der Waals surface area contributed by atoms with Crippen molar-refractivity contribution in [1.82, 2.24) is 19.5 Å². The number of ether oxygens (including phenoxy) is 1. The SMILES string of the molecule is Cc1cc2nc([C@@H]3CCCCN3C3CCOCC3)cc(=O)n2[nH]1. The molecule has 0 aromatic carbocycles. The Hall–Kier alpha value is -1.66. The zero-order chi connectivity index (χ0) is 15.8. The highest BCUT2D eigenvalue weighted by Gasteiger charge is 2.32. The minimum Gasteiger partial charge on any atom is -0.381 e. The molecule has 2 aliphatic rings. The molecule has 4 rings (SSSR count). The highest BCUT2D eigenvalue weighted by molar-refractivity contribution is 5.39. The van der Waals surface area contributed by atoms with Gasteiger partial charge in [0.2, 0.25) is 0 Å². The summed E-state index contributed by atoms with van der Waals surface area (Å²) in [6, 6.07) is 4.47. The number of aryl methyl sites for hydroxylation is 1. The summed E-state index contributed by atoms with van der Waals surface area (Å²) in [7, 11) is 0. The molecular weight excluding hydrogens is 292 g/mol. The van der Waals surface area contributed by atoms with E-state index in [0.717, 1.165) is 56.1 Å². The van der Waals surface area contributed by atoms with Gasteiger partial charge < -0.3 is 4.74 Å². The first-order valence-corrected chi connectivity index (χ1v) is 8.65. The topological polar surface area (TPSA) is 62.6 Å². The molecule has 0 bridgehead atoms. The third kappa shape index (κ3) is 2.81. The molecule has 2 fully saturated rings. The smallest absolute Gasteiger partial charge is 0.272 e. The summed E-state index contributed by atoms with van der Waals surface area (Å²) in [6.45, 7) is 4.74. The highest BCUT2D eigenvalue weighted by Crippen LogP contribution is 2.33. The van der Waals surface area contributed by atoms with E-state index < -0.39 is 0 Å². The number of aromatic amines is 1. The number of H-pyrrole nitrogens is 1. The Morgan fingerprint density at radius 2 is 2.04 bits per heavy atom. The molecule has 0 unspecified atom stereocenters. The maximum Gasteiger partial charge on any atom is 0.272 e. The van der Waals surface area contributed by atoms with E-state index in [2.05, 4.69) is 10.00 Å². The van der Waals surface area contributed by atoms with Gasteiger partial charge in [-0.25, -0.2) is 9.50 Å². The van der Waals surface area contributed by atoms with E-state index in [9.17, 15) is 4.79 Å². The van der Waals surface area contributed by atoms with Gasteiger partial charge in [-0.05, 0) is 39.2 Å². The molecule has 6 heteroatoms. The second-order valence-electron chi connectivity index (χ2n) is 6.74. The van der Waals surface area contributed by atoms with Crippen LogP contribution in [0.2, 0.25) is 0 Å². The number of aromatic nitrogens is 3. The molecule has 23 heavy (non-hydrogen) atoms. The standard InChI is InChI=1S/C17H24N4O2/c1-12-10-16-18-14(11-17(22)21(16)19-12)15-4-2-3-7-20(15)13-5-8-23-9-6-13/h10-11,13,15,19H,2-9H2,1H3/t15-/m0/s1. The van der Waals surface area contributed by atoms with Crippen molar-refractivity contribution in [2.75, 3.05) is 19.8 Å². The zero-order valence-corrected chi connectivity index (χ0v) is 13.6. The van der Waals surface area contributed by atoms with E-state index in [1.54, 1.807) is 6.07 Å². The van der Waals surface area contributed by atoms with Crippen LogP contribution >= 0.6 is 0 Å². The third-order valence-corrected chi connectivity index (χ3v) is 5.14. The molecule has 0 aliphatic carbocycles. The van der Waals surface area contributed by atoms with Gasteiger partial charge in [0.1, 0.15) is 0 Å². The predicted octanol–water partition coefficient (Wildman–Crippen LogP) is 2.04. The summed E-state index contributed by atoms with van der Waals surface area (Å²) in [6.07, 6.45) is 5.70. The number of fused-ring (bicyclic) bond motifs is 1. The Labute approximate surface area is 135 Å². The highest BCUT2D eigenvalue weighted by atomic mass is 16.5. The fourth-order valence-corrected chi connectivity index (χ4v) is 4.03. The second-order valence-corrected chi connectivity index (χ2v) is 6.74. The van der Waals surface area contributed by atoms with Crippen molar-refractivity contribution in [3.05, 3.63) is 33.9 Å². The van der Waals surface area contributed by atoms with Crippen molar-refractivity contribution in [2.45, 2.75) is 51.1 Å². The van der Waals surface area contributed by atoms with E-state index in [0.29, 0.717) is 6.04 Å². The van der Waals surface area contributed by atoms with Crippen LogP contribution in [0.4, 0.5) is 0 Å². The molecular formula is C17H24N4O2. The van der Waals surface area contributed by atoms with Gasteiger partial charge in [0.05, 0.1) is 11.7 Å². The number of hydrogen-bond donors (Lipinski definition) is 1. The lowest BCUT2D eigenvalue weighted by atomic mass is 9.94. The first-order valence-electron chi connectivity index (χ1n) is 8.65. The fraction of sp³-hybridized carbons (Fsp3) is 0.647. The molecule has 2 aromatic rings. The summed E-state index contributed by atoms with van der Waals surface area (Å²) in [4.78, 5) is 19.7. The molecule has 0 spiro atoms. The number of hydrogen-bond acceptors (Lipinski definition) is 4. The molecule has 6 nitrogen and oxygen atoms in total. The second kappa shape index (κ2) is 6.09. The van der Waals surface area contributed by atoms with Crippen molar-refractivity contribution < 1.29 is 4.74 Å². The van der Waals surface area contributed by atoms with Crippen LogP contribution in [0.15, 0.2) is 16.9 Å². The predicted molar refractivity (Wildman–Crippen MR) is 87.7 cm³/mol. The van der Waals surface area contributed by atoms with E-state index in [4.69, 9.17) is 9.72 Å². The molecule has 1 N–H and O–H groups in total. The van der Waals surface area contributed by atoms with Gasteiger partial charge in [-0.15, -0.1) is 0 Å². The minimum absolute atomic E-state index is 0.0180. The van der Waals surface area contributed by atoms with Gasteiger partial charge >= 0.3 is 0 Å². The molecule has 4 heterocycles. The lowest BCUT2D eigenvalue weighted by Gasteiger charge is -2.42. The van der Waals surface area contributed by atoms with Crippen LogP contribution in [0.5, 0.6) is 0 Å². The van der Waals surface area contributed by atoms with Gasteiger partial charge in [-0.2, -0.15) is 0 Å². The number of nitrogens with zero attached hydrogens (tertiary/aromatic N) is 3. The summed E-state index contributed by atoms with van der Waals surface area (Å²) in [5.74, 6) is 0. The first kappa shape index (κ1) is 14.9. The molecule has 0 amide bonds. The summed E-state index contributed by atoms with van der Waals surface area (Å²) in [5.41, 5.74) is 2.59. The quantitative estimate of drug-likeness (QED) is 0.921. The van der Waals surface area contributed by atoms with Gasteiger partial charge in [0.15, 0.2) is 5.65 Å². The Kier molecular flexibility index (Phi) is 3.95. The van der Waals surface area contributed by atoms with E-state index in [-0.39, 0.29) is 11.6 Å². The van der Waals surface area contributed by atoms with E-state index in [1.165, 1.54) is 17.4 Å². The number of piperidine rings is 1. The Balaban J connectivity index is 1.70. The van der Waals surface area contributed by atoms with Gasteiger partial charge in [0.25, 0.3) is 5.56 Å². The lowest BCUT2D eigenvalue weighted by Crippen LogP contribution is -2.44. The molecule has 2 aromatic heterocycles. The molecule has 2 aliphatic heterocycles. The largest absolute Gasteiger partial charge is 0.381 e. The molecule has 0 radical (unpaired) electrons. The zero-order valence-electron chi connectivity index (χ0n) is 13.6. The Bertz CT molecular complexity index is 745. The fourth-order valence-electron chi connectivity index (χ4n) is 4.03. The summed E-state index contributed by atoms with van der Waals surface area (Å²) >= 11 is 0. The maximum atomic E-state index is 12.4. The molecule has 124 valence electrons. The maximum absolute atomic E-state index is 12.4. The van der Waals surface area contributed by atoms with E-state index >= 15 is 0 Å². The molecule has 1 atom stereocenters. The van der Waals surface area contributed by atoms with Crippen molar-refractivity contribution >= 4 is 5.65 Å². The summed E-state index contributed by atoms with van der Waals surface area (Å²) in [5, 5.41) is 3.04. The van der Waals surface area contributed by atoms with Crippen molar-refractivity contribution in [2.24, 2.45) is 0 Å². The summed E-state index contributed by atoms with van der Waals surface area (Å²) < 4.78 is 7.04. The molecule has 0 saturated carbocycles. The number of rotatable bonds is 2.